The molecule has 1 aromatic carbocycles. The Morgan fingerprint density at radius 1 is 1.15 bits per heavy atom. The molecule has 0 bridgehead atoms. The summed E-state index contributed by atoms with van der Waals surface area (Å²) in [4.78, 5) is 9.43. The number of nitrogens with zero attached hydrogens (tertiary/aromatic N) is 6. The first-order valence-corrected chi connectivity index (χ1v) is 9.61. The Bertz CT molecular complexity index is 900. The summed E-state index contributed by atoms with van der Waals surface area (Å²) in [6.07, 6.45) is 6.45. The molecule has 2 aliphatic rings. The van der Waals surface area contributed by atoms with Gasteiger partial charge >= 0.3 is 0 Å². The second-order valence-corrected chi connectivity index (χ2v) is 7.63. The van der Waals surface area contributed by atoms with Crippen LogP contribution >= 0.6 is 0 Å². The molecule has 5 rings (SSSR count). The van der Waals surface area contributed by atoms with Crippen LogP contribution in [0.2, 0.25) is 0 Å². The minimum Gasteiger partial charge on any atom is -0.338 e. The van der Waals surface area contributed by atoms with Crippen molar-refractivity contribution in [2.45, 2.75) is 31.3 Å². The predicted molar refractivity (Wildman–Crippen MR) is 100 cm³/mol. The second-order valence-electron chi connectivity index (χ2n) is 7.63. The fraction of sp³-hybridized carbons (Fsp3) is 0.450. The molecule has 1 saturated carbocycles. The van der Waals surface area contributed by atoms with Gasteiger partial charge in [0, 0.05) is 43.9 Å². The highest BCUT2D eigenvalue weighted by molar-refractivity contribution is 5.30. The minimum atomic E-state index is 0.155. The number of hydrogen-bond acceptors (Lipinski definition) is 6. The summed E-state index contributed by atoms with van der Waals surface area (Å²) in [7, 11) is 2.14. The maximum atomic E-state index is 5.59. The van der Waals surface area contributed by atoms with E-state index < -0.39 is 0 Å². The van der Waals surface area contributed by atoms with Crippen molar-refractivity contribution in [2.24, 2.45) is 0 Å². The van der Waals surface area contributed by atoms with Crippen LogP contribution in [-0.2, 0) is 6.54 Å². The van der Waals surface area contributed by atoms with E-state index in [9.17, 15) is 0 Å². The lowest BCUT2D eigenvalue weighted by Crippen LogP contribution is -2.46. The molecule has 0 N–H and O–H groups in total. The molecule has 1 aliphatic carbocycles. The Morgan fingerprint density at radius 3 is 2.81 bits per heavy atom. The molecule has 1 aliphatic heterocycles. The van der Waals surface area contributed by atoms with Gasteiger partial charge in [-0.3, -0.25) is 9.80 Å². The first-order valence-electron chi connectivity index (χ1n) is 9.61. The van der Waals surface area contributed by atoms with Crippen molar-refractivity contribution in [2.75, 3.05) is 26.7 Å². The van der Waals surface area contributed by atoms with E-state index in [0.29, 0.717) is 5.92 Å². The highest BCUT2D eigenvalue weighted by Gasteiger charge is 2.33. The molecule has 7 heteroatoms. The third kappa shape index (κ3) is 3.52. The van der Waals surface area contributed by atoms with Gasteiger partial charge in [-0.1, -0.05) is 23.4 Å². The standard InChI is InChI=1S/C20H24N6O/c1-24-9-10-25(14-18(24)20-22-19(23-27-20)16-7-8-16)12-15-11-21-26(13-15)17-5-3-2-4-6-17/h2-6,11,13,16,18H,7-10,12,14H2,1H3. The van der Waals surface area contributed by atoms with Crippen LogP contribution in [0.1, 0.15) is 42.1 Å². The minimum absolute atomic E-state index is 0.155. The van der Waals surface area contributed by atoms with Crippen molar-refractivity contribution >= 4 is 0 Å². The van der Waals surface area contributed by atoms with Gasteiger partial charge in [-0.25, -0.2) is 4.68 Å². The van der Waals surface area contributed by atoms with E-state index in [4.69, 9.17) is 4.52 Å². The summed E-state index contributed by atoms with van der Waals surface area (Å²) in [5, 5.41) is 8.70. The van der Waals surface area contributed by atoms with Gasteiger partial charge in [0.1, 0.15) is 6.04 Å². The zero-order chi connectivity index (χ0) is 18.2. The van der Waals surface area contributed by atoms with Crippen LogP contribution < -0.4 is 0 Å². The Balaban J connectivity index is 1.27. The lowest BCUT2D eigenvalue weighted by atomic mass is 10.1. The SMILES string of the molecule is CN1CCN(Cc2cnn(-c3ccccc3)c2)CC1c1nc(C2CC2)no1. The number of para-hydroxylation sites is 1. The summed E-state index contributed by atoms with van der Waals surface area (Å²) >= 11 is 0. The molecule has 27 heavy (non-hydrogen) atoms. The highest BCUT2D eigenvalue weighted by Crippen LogP contribution is 2.38. The van der Waals surface area contributed by atoms with Crippen molar-refractivity contribution in [3.63, 3.8) is 0 Å². The van der Waals surface area contributed by atoms with E-state index >= 15 is 0 Å². The molecule has 3 aromatic rings. The predicted octanol–water partition coefficient (Wildman–Crippen LogP) is 2.62. The van der Waals surface area contributed by atoms with Crippen molar-refractivity contribution in [1.82, 2.24) is 29.7 Å². The summed E-state index contributed by atoms with van der Waals surface area (Å²) in [5.74, 6) is 2.17. The molecular weight excluding hydrogens is 340 g/mol. The third-order valence-electron chi connectivity index (χ3n) is 5.48. The van der Waals surface area contributed by atoms with Crippen molar-refractivity contribution in [1.29, 1.82) is 0 Å². The Labute approximate surface area is 158 Å². The molecular formula is C20H24N6O. The third-order valence-corrected chi connectivity index (χ3v) is 5.48. The van der Waals surface area contributed by atoms with E-state index in [1.807, 2.05) is 29.1 Å². The number of aromatic nitrogens is 4. The molecule has 0 amide bonds. The highest BCUT2D eigenvalue weighted by atomic mass is 16.5. The molecule has 140 valence electrons. The van der Waals surface area contributed by atoms with Gasteiger partial charge in [-0.15, -0.1) is 0 Å². The van der Waals surface area contributed by atoms with E-state index in [1.54, 1.807) is 0 Å². The largest absolute Gasteiger partial charge is 0.338 e. The lowest BCUT2D eigenvalue weighted by Gasteiger charge is -2.37. The summed E-state index contributed by atoms with van der Waals surface area (Å²) in [6.45, 7) is 3.77. The molecule has 1 unspecified atom stereocenters. The molecule has 1 atom stereocenters. The van der Waals surface area contributed by atoms with Gasteiger partial charge in [-0.05, 0) is 32.0 Å². The summed E-state index contributed by atoms with van der Waals surface area (Å²) in [5.41, 5.74) is 2.30. The van der Waals surface area contributed by atoms with Crippen LogP contribution in [0.3, 0.4) is 0 Å². The van der Waals surface area contributed by atoms with Crippen LogP contribution in [-0.4, -0.2) is 56.4 Å². The maximum Gasteiger partial charge on any atom is 0.245 e. The lowest BCUT2D eigenvalue weighted by molar-refractivity contribution is 0.0714. The number of likely N-dealkylation sites (N-methyl/N-ethyl adjacent to an activating group) is 1. The normalized spacial score (nSPS) is 21.6. The molecule has 3 heterocycles. The van der Waals surface area contributed by atoms with Crippen LogP contribution in [0.5, 0.6) is 0 Å². The second kappa shape index (κ2) is 6.90. The van der Waals surface area contributed by atoms with E-state index in [0.717, 1.165) is 43.6 Å². The van der Waals surface area contributed by atoms with Crippen molar-refractivity contribution in [3.05, 3.63) is 60.0 Å². The molecule has 2 fully saturated rings. The topological polar surface area (TPSA) is 63.2 Å². The fourth-order valence-electron chi connectivity index (χ4n) is 3.65. The fourth-order valence-corrected chi connectivity index (χ4v) is 3.65. The quantitative estimate of drug-likeness (QED) is 0.693. The van der Waals surface area contributed by atoms with Crippen molar-refractivity contribution in [3.8, 4) is 5.69 Å². The molecule has 0 spiro atoms. The van der Waals surface area contributed by atoms with Crippen LogP contribution in [0.15, 0.2) is 47.2 Å². The summed E-state index contributed by atoms with van der Waals surface area (Å²) in [6, 6.07) is 10.4. The van der Waals surface area contributed by atoms with Gasteiger partial charge in [-0.2, -0.15) is 10.1 Å². The monoisotopic (exact) mass is 364 g/mol. The van der Waals surface area contributed by atoms with E-state index in [1.165, 1.54) is 18.4 Å². The zero-order valence-corrected chi connectivity index (χ0v) is 15.5. The van der Waals surface area contributed by atoms with Gasteiger partial charge in [0.15, 0.2) is 5.82 Å². The maximum absolute atomic E-state index is 5.59. The number of benzene rings is 1. The van der Waals surface area contributed by atoms with E-state index in [-0.39, 0.29) is 6.04 Å². The van der Waals surface area contributed by atoms with Gasteiger partial charge in [0.25, 0.3) is 0 Å². The smallest absolute Gasteiger partial charge is 0.245 e. The van der Waals surface area contributed by atoms with Crippen LogP contribution in [0.25, 0.3) is 5.69 Å². The van der Waals surface area contributed by atoms with E-state index in [2.05, 4.69) is 50.4 Å². The van der Waals surface area contributed by atoms with Gasteiger partial charge in [0.05, 0.1) is 11.9 Å². The molecule has 7 nitrogen and oxygen atoms in total. The number of hydrogen-bond donors (Lipinski definition) is 0. The Morgan fingerprint density at radius 2 is 2.00 bits per heavy atom. The molecule has 2 aromatic heterocycles. The Hall–Kier alpha value is -2.51. The summed E-state index contributed by atoms with van der Waals surface area (Å²) < 4.78 is 7.52. The molecule has 1 saturated heterocycles. The van der Waals surface area contributed by atoms with Crippen molar-refractivity contribution < 1.29 is 4.52 Å². The first-order chi connectivity index (χ1) is 13.3. The van der Waals surface area contributed by atoms with Gasteiger partial charge < -0.3 is 4.52 Å². The van der Waals surface area contributed by atoms with Gasteiger partial charge in [0.2, 0.25) is 5.89 Å². The zero-order valence-electron chi connectivity index (χ0n) is 15.5. The number of piperazine rings is 1. The Kier molecular flexibility index (Phi) is 4.26. The average molecular weight is 364 g/mol. The average Bonchev–Trinajstić information content (AvgIpc) is 3.25. The molecule has 0 radical (unpaired) electrons. The number of rotatable bonds is 5. The van der Waals surface area contributed by atoms with Crippen LogP contribution in [0, 0.1) is 0 Å². The van der Waals surface area contributed by atoms with Crippen LogP contribution in [0.4, 0.5) is 0 Å². The first kappa shape index (κ1) is 16.6.